The van der Waals surface area contributed by atoms with E-state index in [2.05, 4.69) is 30.2 Å². The van der Waals surface area contributed by atoms with E-state index in [1.54, 1.807) is 26.1 Å². The van der Waals surface area contributed by atoms with Gasteiger partial charge in [-0.2, -0.15) is 19.0 Å². The van der Waals surface area contributed by atoms with E-state index in [-0.39, 0.29) is 51.5 Å². The van der Waals surface area contributed by atoms with Gasteiger partial charge in [0.25, 0.3) is 12.3 Å². The van der Waals surface area contributed by atoms with Gasteiger partial charge in [0.05, 0.1) is 39.4 Å². The molecule has 0 unspecified atom stereocenters. The first-order valence-electron chi connectivity index (χ1n) is 16.3. The summed E-state index contributed by atoms with van der Waals surface area (Å²) in [5.41, 5.74) is -0.134. The summed E-state index contributed by atoms with van der Waals surface area (Å²) in [6.07, 6.45) is -2.89. The summed E-state index contributed by atoms with van der Waals surface area (Å²) in [4.78, 5) is 26.1. The maximum atomic E-state index is 15.3. The molecule has 0 saturated carbocycles. The van der Waals surface area contributed by atoms with Crippen molar-refractivity contribution in [1.82, 2.24) is 39.8 Å². The lowest BCUT2D eigenvalue weighted by molar-refractivity contribution is -0.123. The number of amides is 1. The largest absolute Gasteiger partial charge is 0.346 e. The number of anilines is 1. The Morgan fingerprint density at radius 1 is 1.07 bits per heavy atom. The molecule has 2 aromatic carbocycles. The number of benzene rings is 2. The van der Waals surface area contributed by atoms with Gasteiger partial charge in [0.1, 0.15) is 35.4 Å². The highest BCUT2D eigenvalue weighted by molar-refractivity contribution is 7.92. The Bertz CT molecular complexity index is 2590. The van der Waals surface area contributed by atoms with Gasteiger partial charge in [-0.25, -0.2) is 35.9 Å². The molecule has 0 saturated heterocycles. The van der Waals surface area contributed by atoms with Crippen LogP contribution in [-0.2, 0) is 47.2 Å². The van der Waals surface area contributed by atoms with Gasteiger partial charge in [-0.1, -0.05) is 24.6 Å². The number of halogens is 7. The third-order valence-electron chi connectivity index (χ3n) is 9.18. The van der Waals surface area contributed by atoms with Crippen molar-refractivity contribution >= 4 is 55.4 Å². The van der Waals surface area contributed by atoms with Gasteiger partial charge in [-0.3, -0.25) is 18.9 Å². The number of rotatable bonds is 10. The van der Waals surface area contributed by atoms with Crippen LogP contribution < -0.4 is 10.0 Å². The number of imidazole rings is 1. The topological polar surface area (TPSA) is 152 Å². The minimum Gasteiger partial charge on any atom is -0.346 e. The Labute approximate surface area is 308 Å². The zero-order valence-corrected chi connectivity index (χ0v) is 30.4. The fourth-order valence-electron chi connectivity index (χ4n) is 7.01. The van der Waals surface area contributed by atoms with Crippen LogP contribution in [0.5, 0.6) is 0 Å². The lowest BCUT2D eigenvalue weighted by Gasteiger charge is -2.23. The number of H-pyrrole nitrogens is 1. The number of hydrogen-bond acceptors (Lipinski definition) is 7. The molecule has 0 spiro atoms. The number of nitrogens with one attached hydrogen (secondary N) is 3. The van der Waals surface area contributed by atoms with Gasteiger partial charge >= 0.3 is 0 Å². The van der Waals surface area contributed by atoms with Crippen LogP contribution in [0, 0.1) is 24.5 Å². The molecule has 20 heteroatoms. The number of hydrogen-bond donors (Lipinski definition) is 3. The molecule has 4 heterocycles. The number of nitrogens with zero attached hydrogens (tertiary/aromatic N) is 6. The van der Waals surface area contributed by atoms with E-state index < -0.39 is 69.8 Å². The van der Waals surface area contributed by atoms with E-state index in [4.69, 9.17) is 16.6 Å². The van der Waals surface area contributed by atoms with Crippen molar-refractivity contribution < 1.29 is 39.6 Å². The molecule has 1 aliphatic rings. The normalized spacial score (nSPS) is 16.0. The molecule has 0 fully saturated rings. The molecule has 12 nitrogen and oxygen atoms in total. The van der Waals surface area contributed by atoms with Crippen molar-refractivity contribution in [3.63, 3.8) is 0 Å². The van der Waals surface area contributed by atoms with Crippen molar-refractivity contribution in [2.24, 2.45) is 13.0 Å². The molecule has 0 radical (unpaired) electrons. The molecule has 2 atom stereocenters. The van der Waals surface area contributed by atoms with E-state index in [0.29, 0.717) is 38.7 Å². The summed E-state index contributed by atoms with van der Waals surface area (Å²) in [6.45, 7) is 1.98. The number of carbonyl (C=O) groups is 1. The summed E-state index contributed by atoms with van der Waals surface area (Å²) in [6, 6.07) is 6.24. The van der Waals surface area contributed by atoms with Gasteiger partial charge in [0.2, 0.25) is 15.9 Å². The first-order chi connectivity index (χ1) is 25.3. The monoisotopic (exact) mass is 793 g/mol. The second-order valence-electron chi connectivity index (χ2n) is 13.3. The highest BCUT2D eigenvalue weighted by Gasteiger charge is 2.51. The van der Waals surface area contributed by atoms with Gasteiger partial charge in [0, 0.05) is 35.7 Å². The third kappa shape index (κ3) is 6.74. The van der Waals surface area contributed by atoms with E-state index in [9.17, 15) is 30.8 Å². The second-order valence-corrected chi connectivity index (χ2v) is 15.4. The van der Waals surface area contributed by atoms with Crippen LogP contribution in [0.2, 0.25) is 5.02 Å². The highest BCUT2D eigenvalue weighted by Crippen LogP contribution is 2.48. The van der Waals surface area contributed by atoms with Crippen LogP contribution in [0.25, 0.3) is 33.2 Å². The molecule has 284 valence electrons. The van der Waals surface area contributed by atoms with Crippen LogP contribution in [0.1, 0.15) is 53.4 Å². The van der Waals surface area contributed by atoms with Gasteiger partial charge in [-0.05, 0) is 49.6 Å². The maximum absolute atomic E-state index is 15.3. The zero-order valence-electron chi connectivity index (χ0n) is 28.8. The second kappa shape index (κ2) is 13.3. The van der Waals surface area contributed by atoms with E-state index in [0.717, 1.165) is 18.4 Å². The smallest absolute Gasteiger partial charge is 0.292 e. The zero-order chi connectivity index (χ0) is 39.0. The fourth-order valence-corrected chi connectivity index (χ4v) is 7.74. The van der Waals surface area contributed by atoms with Crippen LogP contribution in [0.4, 0.5) is 32.2 Å². The summed E-state index contributed by atoms with van der Waals surface area (Å²) < 4.78 is 116. The Kier molecular flexibility index (Phi) is 9.15. The minimum absolute atomic E-state index is 0.0732. The van der Waals surface area contributed by atoms with Crippen molar-refractivity contribution in [2.45, 2.75) is 51.6 Å². The predicted molar refractivity (Wildman–Crippen MR) is 187 cm³/mol. The summed E-state index contributed by atoms with van der Waals surface area (Å²) in [7, 11) is -2.27. The number of aromatic nitrogens is 7. The molecule has 3 N–H and O–H groups in total. The van der Waals surface area contributed by atoms with E-state index in [1.165, 1.54) is 17.7 Å². The molecule has 4 aromatic heterocycles. The van der Waals surface area contributed by atoms with Gasteiger partial charge in [-0.15, -0.1) is 0 Å². The minimum atomic E-state index is -3.81. The Balaban J connectivity index is 1.40. The predicted octanol–water partition coefficient (Wildman–Crippen LogP) is 6.64. The molecule has 54 heavy (non-hydrogen) atoms. The number of aromatic amines is 1. The number of carbonyl (C=O) groups excluding carboxylic acids is 1. The Hall–Kier alpha value is -5.17. The summed E-state index contributed by atoms with van der Waals surface area (Å²) in [5.74, 6) is -7.26. The van der Waals surface area contributed by atoms with Crippen molar-refractivity contribution in [3.8, 4) is 11.1 Å². The molecule has 7 rings (SSSR count). The number of sulfonamides is 1. The molecule has 1 amide bonds. The lowest BCUT2D eigenvalue weighted by Crippen LogP contribution is -2.35. The molecular formula is C34H30ClF6N9O3S. The SMILES string of the molecule is Cc1nc2nc([C@H](Cc3cc(F)cc(F)c3)NC(=O)Cn3nc(C(F)F)c4c3C(F)(F)[C@H](C)C4)c(-c3ccc(Cl)c4c(NS(C)(=O)=O)nn(C)c34)cc2[nH]1. The first kappa shape index (κ1) is 37.2. The quantitative estimate of drug-likeness (QED) is 0.132. The van der Waals surface area contributed by atoms with E-state index >= 15 is 8.78 Å². The molecular weight excluding hydrogens is 764 g/mol. The average Bonchev–Trinajstić information content (AvgIpc) is 3.76. The number of alkyl halides is 4. The standard InChI is InChI=1S/C34H30ClF6N9O3S/c1-14-7-21-28(31(38)39)46-50(30(21)34(14,40)41)13-25(51)44-23(10-16-8-17(36)11-18(37)9-16)27-20(12-24-32(45-27)43-15(2)42-24)19-5-6-22(35)26-29(19)49(3)47-33(26)48-54(4,52)53/h5-6,8-9,11-12,14,23,31H,7,10,13H2,1-4H3,(H,44,51)(H,47,48)(H,42,43,45)/t14-,23+/m1/s1. The molecule has 0 aliphatic heterocycles. The van der Waals surface area contributed by atoms with Gasteiger partial charge in [0.15, 0.2) is 11.5 Å². The van der Waals surface area contributed by atoms with Gasteiger partial charge < -0.3 is 10.3 Å². The van der Waals surface area contributed by atoms with Crippen LogP contribution in [-0.4, -0.2) is 55.1 Å². The van der Waals surface area contributed by atoms with Crippen LogP contribution in [0.3, 0.4) is 0 Å². The number of aryl methyl sites for hydroxylation is 2. The Morgan fingerprint density at radius 2 is 1.78 bits per heavy atom. The first-order valence-corrected chi connectivity index (χ1v) is 18.6. The maximum Gasteiger partial charge on any atom is 0.292 e. The van der Waals surface area contributed by atoms with Crippen molar-refractivity contribution in [3.05, 3.63) is 87.1 Å². The third-order valence-corrected chi connectivity index (χ3v) is 10.1. The summed E-state index contributed by atoms with van der Waals surface area (Å²) >= 11 is 6.58. The molecule has 6 aromatic rings. The number of pyridine rings is 1. The summed E-state index contributed by atoms with van der Waals surface area (Å²) in [5, 5.41) is 11.1. The molecule has 0 bridgehead atoms. The van der Waals surface area contributed by atoms with E-state index in [1.807, 2.05) is 0 Å². The van der Waals surface area contributed by atoms with Crippen LogP contribution >= 0.6 is 11.6 Å². The average molecular weight is 794 g/mol. The highest BCUT2D eigenvalue weighted by atomic mass is 35.5. The number of fused-ring (bicyclic) bond motifs is 3. The Morgan fingerprint density at radius 3 is 2.44 bits per heavy atom. The molecule has 1 aliphatic carbocycles. The van der Waals surface area contributed by atoms with Crippen molar-refractivity contribution in [2.75, 3.05) is 11.0 Å². The fraction of sp³-hybridized carbons (Fsp3) is 0.324. The lowest BCUT2D eigenvalue weighted by atomic mass is 9.94. The van der Waals surface area contributed by atoms with Crippen molar-refractivity contribution in [1.29, 1.82) is 0 Å². The van der Waals surface area contributed by atoms with Crippen LogP contribution in [0.15, 0.2) is 36.4 Å².